The monoisotopic (exact) mass is 209 g/mol. The van der Waals surface area contributed by atoms with Crippen LogP contribution in [0.2, 0.25) is 0 Å². The minimum absolute atomic E-state index is 0.00658. The lowest BCUT2D eigenvalue weighted by molar-refractivity contribution is 0.171. The van der Waals surface area contributed by atoms with Crippen molar-refractivity contribution in [1.29, 1.82) is 0 Å². The average Bonchev–Trinajstić information content (AvgIpc) is 2.51. The summed E-state index contributed by atoms with van der Waals surface area (Å²) in [6.07, 6.45) is 5.31. The number of hydrogen-bond acceptors (Lipinski definition) is 3. The molecular formula is C11H16FN3. The molecule has 1 heterocycles. The number of halogens is 1. The molecule has 0 radical (unpaired) electrons. The molecule has 1 saturated carbocycles. The van der Waals surface area contributed by atoms with Gasteiger partial charge in [0.2, 0.25) is 0 Å². The summed E-state index contributed by atoms with van der Waals surface area (Å²) in [5, 5.41) is 0. The Bertz CT molecular complexity index is 355. The van der Waals surface area contributed by atoms with E-state index in [-0.39, 0.29) is 6.04 Å². The lowest BCUT2D eigenvalue weighted by atomic mass is 9.94. The number of rotatable bonds is 2. The van der Waals surface area contributed by atoms with Crippen molar-refractivity contribution in [3.05, 3.63) is 24.0 Å². The molecule has 0 spiro atoms. The quantitative estimate of drug-likeness (QED) is 0.774. The molecule has 15 heavy (non-hydrogen) atoms. The Morgan fingerprint density at radius 1 is 1.60 bits per heavy atom. The summed E-state index contributed by atoms with van der Waals surface area (Å²) in [6, 6.07) is 1.70. The number of hydrogen-bond donors (Lipinski definition) is 2. The first-order chi connectivity index (χ1) is 7.09. The summed E-state index contributed by atoms with van der Waals surface area (Å²) in [5.41, 5.74) is 11.7. The van der Waals surface area contributed by atoms with Gasteiger partial charge in [0.05, 0.1) is 0 Å². The standard InChI is InChI=1S/C11H16FN3/c12-11(3-1-9(13)6-11)5-8-7-15-4-2-10(8)14/h2,4,7,9H,1,3,5-6,13H2,(H2,14,15). The van der Waals surface area contributed by atoms with Crippen LogP contribution in [0.4, 0.5) is 10.1 Å². The van der Waals surface area contributed by atoms with E-state index in [4.69, 9.17) is 11.5 Å². The highest BCUT2D eigenvalue weighted by Crippen LogP contribution is 2.36. The smallest absolute Gasteiger partial charge is 0.116 e. The first-order valence-electron chi connectivity index (χ1n) is 5.22. The summed E-state index contributed by atoms with van der Waals surface area (Å²) in [6.45, 7) is 0. The maximum Gasteiger partial charge on any atom is 0.116 e. The van der Waals surface area contributed by atoms with Crippen molar-refractivity contribution in [3.63, 3.8) is 0 Å². The van der Waals surface area contributed by atoms with Crippen LogP contribution in [0.5, 0.6) is 0 Å². The Hall–Kier alpha value is -1.16. The van der Waals surface area contributed by atoms with Gasteiger partial charge in [0.1, 0.15) is 5.67 Å². The molecule has 2 unspecified atom stereocenters. The molecule has 1 aliphatic carbocycles. The molecule has 1 aromatic heterocycles. The number of nitrogens with zero attached hydrogens (tertiary/aromatic N) is 1. The van der Waals surface area contributed by atoms with Crippen LogP contribution in [0.15, 0.2) is 18.5 Å². The summed E-state index contributed by atoms with van der Waals surface area (Å²) in [7, 11) is 0. The minimum Gasteiger partial charge on any atom is -0.398 e. The number of pyridine rings is 1. The molecule has 0 aliphatic heterocycles. The molecule has 0 bridgehead atoms. The molecule has 4 heteroatoms. The van der Waals surface area contributed by atoms with Crippen molar-refractivity contribution in [2.24, 2.45) is 5.73 Å². The summed E-state index contributed by atoms with van der Waals surface area (Å²) in [5.74, 6) is 0. The van der Waals surface area contributed by atoms with Crippen LogP contribution in [-0.4, -0.2) is 16.7 Å². The lowest BCUT2D eigenvalue weighted by Crippen LogP contribution is -2.26. The highest BCUT2D eigenvalue weighted by Gasteiger charge is 2.38. The molecule has 4 N–H and O–H groups in total. The number of alkyl halides is 1. The van der Waals surface area contributed by atoms with Gasteiger partial charge in [0.15, 0.2) is 0 Å². The highest BCUT2D eigenvalue weighted by atomic mass is 19.1. The predicted molar refractivity (Wildman–Crippen MR) is 58.0 cm³/mol. The maximum atomic E-state index is 14.3. The molecule has 1 fully saturated rings. The minimum atomic E-state index is -1.18. The Kier molecular flexibility index (Phi) is 2.61. The van der Waals surface area contributed by atoms with Gasteiger partial charge >= 0.3 is 0 Å². The van der Waals surface area contributed by atoms with Gasteiger partial charge in [-0.2, -0.15) is 0 Å². The SMILES string of the molecule is Nc1ccncc1CC1(F)CCC(N)C1. The lowest BCUT2D eigenvalue weighted by Gasteiger charge is -2.19. The van der Waals surface area contributed by atoms with Crippen molar-refractivity contribution < 1.29 is 4.39 Å². The fourth-order valence-electron chi connectivity index (χ4n) is 2.21. The fraction of sp³-hybridized carbons (Fsp3) is 0.545. The van der Waals surface area contributed by atoms with Gasteiger partial charge in [0.25, 0.3) is 0 Å². The average molecular weight is 209 g/mol. The summed E-state index contributed by atoms with van der Waals surface area (Å²) in [4.78, 5) is 3.96. The third-order valence-corrected chi connectivity index (χ3v) is 3.04. The van der Waals surface area contributed by atoms with Crippen LogP contribution in [0.25, 0.3) is 0 Å². The largest absolute Gasteiger partial charge is 0.398 e. The Balaban J connectivity index is 2.12. The normalized spacial score (nSPS) is 30.7. The fourth-order valence-corrected chi connectivity index (χ4v) is 2.21. The molecule has 1 aromatic rings. The first kappa shape index (κ1) is 10.4. The van der Waals surface area contributed by atoms with Gasteiger partial charge in [-0.3, -0.25) is 4.98 Å². The van der Waals surface area contributed by atoms with E-state index in [0.29, 0.717) is 24.9 Å². The Morgan fingerprint density at radius 2 is 2.40 bits per heavy atom. The van der Waals surface area contributed by atoms with Crippen LogP contribution in [-0.2, 0) is 6.42 Å². The molecule has 0 amide bonds. The molecule has 1 aliphatic rings. The van der Waals surface area contributed by atoms with E-state index >= 15 is 0 Å². The van der Waals surface area contributed by atoms with Gasteiger partial charge in [-0.15, -0.1) is 0 Å². The van der Waals surface area contributed by atoms with Crippen LogP contribution in [0, 0.1) is 0 Å². The van der Waals surface area contributed by atoms with Crippen molar-refractivity contribution >= 4 is 5.69 Å². The molecule has 0 aromatic carbocycles. The van der Waals surface area contributed by atoms with E-state index in [0.717, 1.165) is 12.0 Å². The number of nitrogens with two attached hydrogens (primary N) is 2. The van der Waals surface area contributed by atoms with Crippen molar-refractivity contribution in [1.82, 2.24) is 4.98 Å². The second-order valence-electron chi connectivity index (χ2n) is 4.41. The van der Waals surface area contributed by atoms with E-state index in [1.165, 1.54) is 0 Å². The zero-order chi connectivity index (χ0) is 10.9. The predicted octanol–water partition coefficient (Wildman–Crippen LogP) is 1.43. The van der Waals surface area contributed by atoms with Crippen LogP contribution in [0.1, 0.15) is 24.8 Å². The van der Waals surface area contributed by atoms with Gasteiger partial charge in [0, 0.05) is 30.5 Å². The van der Waals surface area contributed by atoms with Crippen LogP contribution >= 0.6 is 0 Å². The van der Waals surface area contributed by atoms with E-state index in [1.807, 2.05) is 0 Å². The number of aromatic nitrogens is 1. The zero-order valence-electron chi connectivity index (χ0n) is 8.62. The van der Waals surface area contributed by atoms with Gasteiger partial charge in [-0.05, 0) is 30.9 Å². The van der Waals surface area contributed by atoms with Crippen molar-refractivity contribution in [2.45, 2.75) is 37.4 Å². The maximum absolute atomic E-state index is 14.3. The van der Waals surface area contributed by atoms with E-state index in [9.17, 15) is 4.39 Å². The first-order valence-corrected chi connectivity index (χ1v) is 5.22. The third-order valence-electron chi connectivity index (χ3n) is 3.04. The molecular weight excluding hydrogens is 193 g/mol. The Labute approximate surface area is 88.7 Å². The molecule has 2 atom stereocenters. The second kappa shape index (κ2) is 3.77. The topological polar surface area (TPSA) is 64.9 Å². The van der Waals surface area contributed by atoms with Crippen LogP contribution in [0.3, 0.4) is 0 Å². The van der Waals surface area contributed by atoms with E-state index in [2.05, 4.69) is 4.98 Å². The molecule has 0 saturated heterocycles. The number of nitrogen functional groups attached to an aromatic ring is 1. The summed E-state index contributed by atoms with van der Waals surface area (Å²) >= 11 is 0. The molecule has 2 rings (SSSR count). The molecule has 82 valence electrons. The zero-order valence-corrected chi connectivity index (χ0v) is 8.62. The van der Waals surface area contributed by atoms with E-state index in [1.54, 1.807) is 18.5 Å². The third kappa shape index (κ3) is 2.26. The van der Waals surface area contributed by atoms with E-state index < -0.39 is 5.67 Å². The molecule has 3 nitrogen and oxygen atoms in total. The van der Waals surface area contributed by atoms with Gasteiger partial charge in [-0.25, -0.2) is 4.39 Å². The van der Waals surface area contributed by atoms with Crippen molar-refractivity contribution in [3.8, 4) is 0 Å². The highest BCUT2D eigenvalue weighted by molar-refractivity contribution is 5.45. The van der Waals surface area contributed by atoms with Crippen molar-refractivity contribution in [2.75, 3.05) is 5.73 Å². The second-order valence-corrected chi connectivity index (χ2v) is 4.41. The number of anilines is 1. The Morgan fingerprint density at radius 3 is 3.00 bits per heavy atom. The summed E-state index contributed by atoms with van der Waals surface area (Å²) < 4.78 is 14.3. The van der Waals surface area contributed by atoms with Gasteiger partial charge in [-0.1, -0.05) is 0 Å². The van der Waals surface area contributed by atoms with Crippen LogP contribution < -0.4 is 11.5 Å². The van der Waals surface area contributed by atoms with Gasteiger partial charge < -0.3 is 11.5 Å².